The molecule has 1 amide bonds. The van der Waals surface area contributed by atoms with E-state index in [0.29, 0.717) is 11.5 Å². The minimum atomic E-state index is -0.503. The van der Waals surface area contributed by atoms with Crippen molar-refractivity contribution >= 4 is 17.4 Å². The number of carbonyl (C=O) groups is 1. The highest BCUT2D eigenvalue weighted by atomic mass is 19.1. The van der Waals surface area contributed by atoms with Gasteiger partial charge in [-0.3, -0.25) is 4.79 Å². The first-order chi connectivity index (χ1) is 10.4. The number of carbonyl (C=O) groups excluding carboxylic acids is 1. The number of fused-ring (bicyclic) bond motifs is 1. The highest BCUT2D eigenvalue weighted by molar-refractivity contribution is 6.02. The van der Waals surface area contributed by atoms with Gasteiger partial charge >= 0.3 is 0 Å². The molecule has 0 saturated heterocycles. The number of benzene rings is 1. The second-order valence-corrected chi connectivity index (χ2v) is 5.10. The summed E-state index contributed by atoms with van der Waals surface area (Å²) in [7, 11) is 0. The molecule has 3 aromatic rings. The van der Waals surface area contributed by atoms with Crippen LogP contribution in [-0.2, 0) is 0 Å². The number of aromatic nitrogens is 4. The lowest BCUT2D eigenvalue weighted by atomic mass is 10.2. The first-order valence-corrected chi connectivity index (χ1v) is 6.72. The predicted molar refractivity (Wildman–Crippen MR) is 79.3 cm³/mol. The standard InChI is InChI=1S/C15H14FN5O/c1-8-4-5-11(16)7-12(8)18-14(22)13-19-15-17-9(2)6-10(3)21(15)20-13/h4-7H,1-3H3,(H,18,22). The number of nitrogens with zero attached hydrogens (tertiary/aromatic N) is 4. The zero-order valence-corrected chi connectivity index (χ0v) is 12.4. The number of halogens is 1. The molecule has 2 aromatic heterocycles. The third kappa shape index (κ3) is 2.52. The normalized spacial score (nSPS) is 10.9. The molecule has 6 nitrogen and oxygen atoms in total. The second kappa shape index (κ2) is 5.18. The first kappa shape index (κ1) is 14.1. The smallest absolute Gasteiger partial charge is 0.295 e. The molecule has 0 saturated carbocycles. The van der Waals surface area contributed by atoms with E-state index in [4.69, 9.17) is 0 Å². The zero-order chi connectivity index (χ0) is 15.9. The fraction of sp³-hybridized carbons (Fsp3) is 0.200. The lowest BCUT2D eigenvalue weighted by Gasteiger charge is -2.06. The van der Waals surface area contributed by atoms with Gasteiger partial charge in [-0.25, -0.2) is 13.9 Å². The van der Waals surface area contributed by atoms with Crippen molar-refractivity contribution in [1.82, 2.24) is 19.6 Å². The number of aryl methyl sites for hydroxylation is 3. The number of hydrogen-bond donors (Lipinski definition) is 1. The van der Waals surface area contributed by atoms with E-state index in [-0.39, 0.29) is 5.82 Å². The van der Waals surface area contributed by atoms with Crippen LogP contribution in [0.3, 0.4) is 0 Å². The molecule has 0 aliphatic rings. The van der Waals surface area contributed by atoms with E-state index in [2.05, 4.69) is 20.4 Å². The van der Waals surface area contributed by atoms with Gasteiger partial charge in [0.2, 0.25) is 5.82 Å². The summed E-state index contributed by atoms with van der Waals surface area (Å²) in [6, 6.07) is 6.04. The molecule has 112 valence electrons. The number of anilines is 1. The zero-order valence-electron chi connectivity index (χ0n) is 12.4. The third-order valence-corrected chi connectivity index (χ3v) is 3.27. The Balaban J connectivity index is 1.95. The molecule has 0 bridgehead atoms. The lowest BCUT2D eigenvalue weighted by molar-refractivity contribution is 0.101. The van der Waals surface area contributed by atoms with Gasteiger partial charge < -0.3 is 5.32 Å². The van der Waals surface area contributed by atoms with Gasteiger partial charge in [0.1, 0.15) is 5.82 Å². The summed E-state index contributed by atoms with van der Waals surface area (Å²) in [6.07, 6.45) is 0. The van der Waals surface area contributed by atoms with Crippen molar-refractivity contribution in [3.8, 4) is 0 Å². The minimum absolute atomic E-state index is 0.00939. The van der Waals surface area contributed by atoms with Crippen LogP contribution in [0.25, 0.3) is 5.78 Å². The van der Waals surface area contributed by atoms with Crippen LogP contribution in [0.4, 0.5) is 10.1 Å². The van der Waals surface area contributed by atoms with Crippen LogP contribution in [0.15, 0.2) is 24.3 Å². The number of amides is 1. The largest absolute Gasteiger partial charge is 0.319 e. The van der Waals surface area contributed by atoms with Gasteiger partial charge in [-0.2, -0.15) is 4.98 Å². The summed E-state index contributed by atoms with van der Waals surface area (Å²) >= 11 is 0. The van der Waals surface area contributed by atoms with Gasteiger partial charge in [-0.15, -0.1) is 5.10 Å². The molecule has 1 aromatic carbocycles. The van der Waals surface area contributed by atoms with Crippen molar-refractivity contribution in [3.63, 3.8) is 0 Å². The Morgan fingerprint density at radius 1 is 1.18 bits per heavy atom. The predicted octanol–water partition coefficient (Wildman–Crippen LogP) is 2.44. The van der Waals surface area contributed by atoms with Crippen LogP contribution in [0.1, 0.15) is 27.6 Å². The molecule has 1 N–H and O–H groups in total. The van der Waals surface area contributed by atoms with E-state index >= 15 is 0 Å². The summed E-state index contributed by atoms with van der Waals surface area (Å²) in [4.78, 5) is 20.6. The van der Waals surface area contributed by atoms with Crippen molar-refractivity contribution in [1.29, 1.82) is 0 Å². The van der Waals surface area contributed by atoms with E-state index in [1.807, 2.05) is 19.9 Å². The Morgan fingerprint density at radius 2 is 1.95 bits per heavy atom. The Labute approximate surface area is 126 Å². The van der Waals surface area contributed by atoms with Crippen molar-refractivity contribution in [2.24, 2.45) is 0 Å². The van der Waals surface area contributed by atoms with Crippen molar-refractivity contribution in [2.75, 3.05) is 5.32 Å². The molecule has 3 rings (SSSR count). The summed E-state index contributed by atoms with van der Waals surface area (Å²) in [5.74, 6) is -0.572. The second-order valence-electron chi connectivity index (χ2n) is 5.10. The van der Waals surface area contributed by atoms with Gasteiger partial charge in [-0.1, -0.05) is 6.07 Å². The van der Waals surface area contributed by atoms with E-state index < -0.39 is 11.7 Å². The molecule has 7 heteroatoms. The number of nitrogens with one attached hydrogen (secondary N) is 1. The van der Waals surface area contributed by atoms with Gasteiger partial charge in [-0.05, 0) is 44.5 Å². The molecular formula is C15H14FN5O. The first-order valence-electron chi connectivity index (χ1n) is 6.72. The highest BCUT2D eigenvalue weighted by Crippen LogP contribution is 2.16. The molecule has 0 radical (unpaired) electrons. The van der Waals surface area contributed by atoms with Crippen LogP contribution in [0.5, 0.6) is 0 Å². The van der Waals surface area contributed by atoms with Crippen LogP contribution in [0.2, 0.25) is 0 Å². The molecule has 22 heavy (non-hydrogen) atoms. The summed E-state index contributed by atoms with van der Waals surface area (Å²) in [5, 5.41) is 6.76. The lowest BCUT2D eigenvalue weighted by Crippen LogP contribution is -2.15. The van der Waals surface area contributed by atoms with Crippen molar-refractivity contribution < 1.29 is 9.18 Å². The van der Waals surface area contributed by atoms with Crippen LogP contribution in [0, 0.1) is 26.6 Å². The molecule has 0 spiro atoms. The Kier molecular flexibility index (Phi) is 3.32. The average molecular weight is 299 g/mol. The molecule has 0 unspecified atom stereocenters. The SMILES string of the molecule is Cc1cc(C)n2nc(C(=O)Nc3cc(F)ccc3C)nc2n1. The quantitative estimate of drug-likeness (QED) is 0.789. The topological polar surface area (TPSA) is 72.2 Å². The van der Waals surface area contributed by atoms with Crippen molar-refractivity contribution in [2.45, 2.75) is 20.8 Å². The Morgan fingerprint density at radius 3 is 2.73 bits per heavy atom. The number of hydrogen-bond acceptors (Lipinski definition) is 4. The highest BCUT2D eigenvalue weighted by Gasteiger charge is 2.16. The molecule has 0 fully saturated rings. The molecule has 0 aliphatic heterocycles. The molecule has 2 heterocycles. The maximum absolute atomic E-state index is 13.3. The summed E-state index contributed by atoms with van der Waals surface area (Å²) < 4.78 is 14.8. The maximum Gasteiger partial charge on any atom is 0.295 e. The maximum atomic E-state index is 13.3. The van der Waals surface area contributed by atoms with Crippen LogP contribution < -0.4 is 5.32 Å². The molecular weight excluding hydrogens is 285 g/mol. The number of rotatable bonds is 2. The molecule has 0 atom stereocenters. The Hall–Kier alpha value is -2.83. The fourth-order valence-electron chi connectivity index (χ4n) is 2.17. The van der Waals surface area contributed by atoms with Gasteiger partial charge in [0.25, 0.3) is 11.7 Å². The fourth-order valence-corrected chi connectivity index (χ4v) is 2.17. The van der Waals surface area contributed by atoms with Gasteiger partial charge in [0.15, 0.2) is 0 Å². The van der Waals surface area contributed by atoms with E-state index in [1.54, 1.807) is 13.0 Å². The minimum Gasteiger partial charge on any atom is -0.319 e. The average Bonchev–Trinajstić information content (AvgIpc) is 2.87. The van der Waals surface area contributed by atoms with Crippen molar-refractivity contribution in [3.05, 3.63) is 52.9 Å². The van der Waals surface area contributed by atoms with E-state index in [9.17, 15) is 9.18 Å². The van der Waals surface area contributed by atoms with Crippen LogP contribution in [-0.4, -0.2) is 25.5 Å². The van der Waals surface area contributed by atoms with Gasteiger partial charge in [0.05, 0.1) is 0 Å². The van der Waals surface area contributed by atoms with Crippen LogP contribution >= 0.6 is 0 Å². The van der Waals surface area contributed by atoms with Gasteiger partial charge in [0, 0.05) is 17.1 Å². The summed E-state index contributed by atoms with van der Waals surface area (Å²) in [5.41, 5.74) is 2.77. The summed E-state index contributed by atoms with van der Waals surface area (Å²) in [6.45, 7) is 5.48. The third-order valence-electron chi connectivity index (χ3n) is 3.27. The monoisotopic (exact) mass is 299 g/mol. The Bertz CT molecular complexity index is 887. The van der Waals surface area contributed by atoms with E-state index in [1.165, 1.54) is 16.6 Å². The molecule has 0 aliphatic carbocycles. The van der Waals surface area contributed by atoms with E-state index in [0.717, 1.165) is 17.0 Å².